The lowest BCUT2D eigenvalue weighted by Gasteiger charge is -2.33. The van der Waals surface area contributed by atoms with E-state index in [4.69, 9.17) is 14.6 Å². The number of hydrogen-bond donors (Lipinski definition) is 0. The minimum absolute atomic E-state index is 0.176. The number of ether oxygens (including phenoxy) is 2. The van der Waals surface area contributed by atoms with E-state index in [1.807, 2.05) is 23.1 Å². The summed E-state index contributed by atoms with van der Waals surface area (Å²) in [6.45, 7) is 10.6. The number of nitrogens with zero attached hydrogens (tertiary/aromatic N) is 3. The zero-order valence-electron chi connectivity index (χ0n) is 17.9. The van der Waals surface area contributed by atoms with Gasteiger partial charge < -0.3 is 14.4 Å². The van der Waals surface area contributed by atoms with E-state index in [0.29, 0.717) is 24.3 Å². The van der Waals surface area contributed by atoms with Crippen LogP contribution in [0, 0.1) is 0 Å². The van der Waals surface area contributed by atoms with Gasteiger partial charge in [0, 0.05) is 18.8 Å². The normalized spacial score (nSPS) is 16.8. The molecular weight excluding hydrogens is 366 g/mol. The number of carbonyl (C=O) groups is 1. The summed E-state index contributed by atoms with van der Waals surface area (Å²) in [5.74, 6) is 2.53. The van der Waals surface area contributed by atoms with Crippen LogP contribution in [0.3, 0.4) is 0 Å². The van der Waals surface area contributed by atoms with Crippen molar-refractivity contribution in [3.05, 3.63) is 41.2 Å². The topological polar surface area (TPSA) is 56.6 Å². The van der Waals surface area contributed by atoms with Gasteiger partial charge in [-0.1, -0.05) is 33.8 Å². The van der Waals surface area contributed by atoms with Crippen LogP contribution < -0.4 is 9.47 Å². The second kappa shape index (κ2) is 8.09. The lowest BCUT2D eigenvalue weighted by molar-refractivity contribution is -0.131. The molecule has 4 rings (SSSR count). The van der Waals surface area contributed by atoms with Gasteiger partial charge in [-0.15, -0.1) is 0 Å². The summed E-state index contributed by atoms with van der Waals surface area (Å²) in [5, 5.41) is 4.91. The minimum Gasteiger partial charge on any atom is -0.454 e. The number of piperidine rings is 1. The van der Waals surface area contributed by atoms with Crippen molar-refractivity contribution in [1.82, 2.24) is 14.7 Å². The second-order valence-corrected chi connectivity index (χ2v) is 8.72. The van der Waals surface area contributed by atoms with Gasteiger partial charge in [-0.25, -0.2) is 0 Å². The number of likely N-dealkylation sites (tertiary alicyclic amines) is 1. The Hall–Kier alpha value is -2.50. The van der Waals surface area contributed by atoms with Crippen molar-refractivity contribution in [3.63, 3.8) is 0 Å². The van der Waals surface area contributed by atoms with Crippen LogP contribution in [-0.2, 0) is 11.2 Å². The number of aromatic nitrogens is 2. The fourth-order valence-corrected chi connectivity index (χ4v) is 4.13. The Morgan fingerprint density at radius 2 is 1.79 bits per heavy atom. The van der Waals surface area contributed by atoms with Gasteiger partial charge in [0.15, 0.2) is 11.5 Å². The highest BCUT2D eigenvalue weighted by molar-refractivity contribution is 5.79. The van der Waals surface area contributed by atoms with Crippen molar-refractivity contribution in [2.24, 2.45) is 0 Å². The molecule has 0 aliphatic carbocycles. The van der Waals surface area contributed by atoms with Crippen molar-refractivity contribution in [2.75, 3.05) is 19.9 Å². The summed E-state index contributed by atoms with van der Waals surface area (Å²) < 4.78 is 13.0. The SMILES string of the molecule is CC(C)c1cc(C(C)C)n(C2CCN(C(=O)Cc3ccc4c(c3)OCO4)CC2)n1. The molecule has 1 aromatic heterocycles. The lowest BCUT2D eigenvalue weighted by Crippen LogP contribution is -2.40. The van der Waals surface area contributed by atoms with E-state index in [0.717, 1.165) is 48.7 Å². The van der Waals surface area contributed by atoms with Gasteiger partial charge in [0.25, 0.3) is 0 Å². The molecule has 0 saturated carbocycles. The molecule has 1 fully saturated rings. The monoisotopic (exact) mass is 397 g/mol. The average molecular weight is 398 g/mol. The summed E-state index contributed by atoms with van der Waals surface area (Å²) in [7, 11) is 0. The van der Waals surface area contributed by atoms with Gasteiger partial charge in [-0.05, 0) is 48.4 Å². The van der Waals surface area contributed by atoms with Gasteiger partial charge in [-0.2, -0.15) is 5.10 Å². The van der Waals surface area contributed by atoms with E-state index in [2.05, 4.69) is 38.4 Å². The van der Waals surface area contributed by atoms with Gasteiger partial charge in [0.05, 0.1) is 18.2 Å². The second-order valence-electron chi connectivity index (χ2n) is 8.72. The molecule has 0 bridgehead atoms. The first-order chi connectivity index (χ1) is 13.9. The van der Waals surface area contributed by atoms with Crippen molar-refractivity contribution in [3.8, 4) is 11.5 Å². The molecule has 6 nitrogen and oxygen atoms in total. The highest BCUT2D eigenvalue weighted by Crippen LogP contribution is 2.33. The quantitative estimate of drug-likeness (QED) is 0.756. The molecule has 1 amide bonds. The van der Waals surface area contributed by atoms with Crippen LogP contribution in [0.2, 0.25) is 0 Å². The Kier molecular flexibility index (Phi) is 5.52. The number of fused-ring (bicyclic) bond motifs is 1. The van der Waals surface area contributed by atoms with Crippen LogP contribution in [0.15, 0.2) is 24.3 Å². The molecule has 2 aromatic rings. The molecule has 156 valence electrons. The Bertz CT molecular complexity index is 879. The molecule has 2 aliphatic rings. The molecular formula is C23H31N3O3. The molecule has 1 saturated heterocycles. The Morgan fingerprint density at radius 1 is 1.07 bits per heavy atom. The minimum atomic E-state index is 0.176. The molecule has 0 spiro atoms. The van der Waals surface area contributed by atoms with Crippen LogP contribution in [-0.4, -0.2) is 40.5 Å². The van der Waals surface area contributed by atoms with Gasteiger partial charge in [0.1, 0.15) is 0 Å². The summed E-state index contributed by atoms with van der Waals surface area (Å²) in [6.07, 6.45) is 2.30. The number of amides is 1. The van der Waals surface area contributed by atoms with E-state index < -0.39 is 0 Å². The molecule has 2 aliphatic heterocycles. The third-order valence-electron chi connectivity index (χ3n) is 5.92. The van der Waals surface area contributed by atoms with Crippen molar-refractivity contribution < 1.29 is 14.3 Å². The maximum atomic E-state index is 12.8. The first kappa shape index (κ1) is 19.8. The van der Waals surface area contributed by atoms with Crippen LogP contribution in [0.1, 0.15) is 75.4 Å². The fourth-order valence-electron chi connectivity index (χ4n) is 4.13. The third-order valence-corrected chi connectivity index (χ3v) is 5.92. The number of hydrogen-bond acceptors (Lipinski definition) is 4. The number of carbonyl (C=O) groups excluding carboxylic acids is 1. The molecule has 0 radical (unpaired) electrons. The summed E-state index contributed by atoms with van der Waals surface area (Å²) in [4.78, 5) is 14.8. The smallest absolute Gasteiger partial charge is 0.231 e. The Balaban J connectivity index is 1.38. The molecule has 0 unspecified atom stereocenters. The highest BCUT2D eigenvalue weighted by Gasteiger charge is 2.27. The van der Waals surface area contributed by atoms with Crippen LogP contribution in [0.5, 0.6) is 11.5 Å². The van der Waals surface area contributed by atoms with E-state index in [1.165, 1.54) is 5.69 Å². The fraction of sp³-hybridized carbons (Fsp3) is 0.565. The molecule has 0 N–H and O–H groups in total. The van der Waals surface area contributed by atoms with Crippen molar-refractivity contribution in [1.29, 1.82) is 0 Å². The summed E-state index contributed by atoms with van der Waals surface area (Å²) in [5.41, 5.74) is 3.44. The zero-order chi connectivity index (χ0) is 20.5. The predicted molar refractivity (Wildman–Crippen MR) is 112 cm³/mol. The Labute approximate surface area is 172 Å². The van der Waals surface area contributed by atoms with E-state index in [1.54, 1.807) is 0 Å². The third kappa shape index (κ3) is 4.11. The lowest BCUT2D eigenvalue weighted by atomic mass is 10.0. The maximum Gasteiger partial charge on any atom is 0.231 e. The number of rotatable bonds is 5. The van der Waals surface area contributed by atoms with E-state index in [-0.39, 0.29) is 12.7 Å². The van der Waals surface area contributed by atoms with Crippen LogP contribution in [0.4, 0.5) is 0 Å². The summed E-state index contributed by atoms with van der Waals surface area (Å²) in [6, 6.07) is 8.37. The standard InChI is InChI=1S/C23H31N3O3/c1-15(2)19-13-20(16(3)4)26(24-19)18-7-9-25(10-8-18)23(27)12-17-5-6-21-22(11-17)29-14-28-21/h5-6,11,13,15-16,18H,7-10,12,14H2,1-4H3. The van der Waals surface area contributed by atoms with Gasteiger partial charge in [0.2, 0.25) is 12.7 Å². The zero-order valence-corrected chi connectivity index (χ0v) is 17.9. The first-order valence-corrected chi connectivity index (χ1v) is 10.7. The number of benzene rings is 1. The van der Waals surface area contributed by atoms with Gasteiger partial charge in [-0.3, -0.25) is 9.48 Å². The van der Waals surface area contributed by atoms with E-state index in [9.17, 15) is 4.79 Å². The predicted octanol–water partition coefficient (Wildman–Crippen LogP) is 4.26. The van der Waals surface area contributed by atoms with Crippen LogP contribution in [0.25, 0.3) is 0 Å². The van der Waals surface area contributed by atoms with Crippen molar-refractivity contribution in [2.45, 2.75) is 64.8 Å². The first-order valence-electron chi connectivity index (χ1n) is 10.7. The Morgan fingerprint density at radius 3 is 2.48 bits per heavy atom. The molecule has 0 atom stereocenters. The highest BCUT2D eigenvalue weighted by atomic mass is 16.7. The molecule has 3 heterocycles. The maximum absolute atomic E-state index is 12.8. The van der Waals surface area contributed by atoms with Gasteiger partial charge >= 0.3 is 0 Å². The summed E-state index contributed by atoms with van der Waals surface area (Å²) >= 11 is 0. The largest absolute Gasteiger partial charge is 0.454 e. The molecule has 6 heteroatoms. The van der Waals surface area contributed by atoms with Crippen LogP contribution >= 0.6 is 0 Å². The average Bonchev–Trinajstić information content (AvgIpc) is 3.35. The molecule has 29 heavy (non-hydrogen) atoms. The molecule has 1 aromatic carbocycles. The van der Waals surface area contributed by atoms with E-state index >= 15 is 0 Å². The van der Waals surface area contributed by atoms with Crippen molar-refractivity contribution >= 4 is 5.91 Å².